The van der Waals surface area contributed by atoms with Gasteiger partial charge in [-0.05, 0) is 79.4 Å². The minimum Gasteiger partial charge on any atom is -0.100 e. The molecule has 0 amide bonds. The molecule has 0 aromatic heterocycles. The first kappa shape index (κ1) is 17.2. The summed E-state index contributed by atoms with van der Waals surface area (Å²) in [5.74, 6) is 0. The maximum Gasteiger partial charge on any atom is -0.0167 e. The minimum atomic E-state index is 0.303. The van der Waals surface area contributed by atoms with Crippen LogP contribution in [0.1, 0.15) is 79.6 Å². The molecule has 2 heteroatoms. The van der Waals surface area contributed by atoms with E-state index in [9.17, 15) is 0 Å². The first-order valence-corrected chi connectivity index (χ1v) is 12.4. The lowest BCUT2D eigenvalue weighted by atomic mass is 10.1. The van der Waals surface area contributed by atoms with E-state index in [4.69, 9.17) is 0 Å². The van der Waals surface area contributed by atoms with E-state index in [2.05, 4.69) is 34.6 Å². The highest BCUT2D eigenvalue weighted by Crippen LogP contribution is 2.66. The Bertz CT molecular complexity index is 279. The van der Waals surface area contributed by atoms with Gasteiger partial charge in [-0.25, -0.2) is 0 Å². The molecular formula is C18H36P2. The van der Waals surface area contributed by atoms with Crippen molar-refractivity contribution in [3.8, 4) is 0 Å². The first-order chi connectivity index (χ1) is 9.63. The second kappa shape index (κ2) is 7.92. The molecule has 1 unspecified atom stereocenters. The van der Waals surface area contributed by atoms with E-state index in [1.165, 1.54) is 25.7 Å². The van der Waals surface area contributed by atoms with E-state index < -0.39 is 0 Å². The number of rotatable bonds is 6. The Labute approximate surface area is 130 Å². The largest absolute Gasteiger partial charge is 0.100 e. The van der Waals surface area contributed by atoms with Gasteiger partial charge in [0, 0.05) is 0 Å². The molecule has 0 bridgehead atoms. The zero-order valence-corrected chi connectivity index (χ0v) is 16.2. The lowest BCUT2D eigenvalue weighted by Gasteiger charge is -2.39. The molecule has 2 heterocycles. The van der Waals surface area contributed by atoms with Crippen molar-refractivity contribution >= 4 is 15.8 Å². The summed E-state index contributed by atoms with van der Waals surface area (Å²) < 4.78 is 0. The van der Waals surface area contributed by atoms with Gasteiger partial charge in [-0.1, -0.05) is 42.5 Å². The number of hydrogen-bond donors (Lipinski definition) is 0. The molecule has 2 rings (SSSR count). The molecule has 0 radical (unpaired) electrons. The molecule has 0 saturated carbocycles. The Morgan fingerprint density at radius 2 is 1.35 bits per heavy atom. The van der Waals surface area contributed by atoms with Gasteiger partial charge < -0.3 is 0 Å². The Morgan fingerprint density at radius 3 is 1.85 bits per heavy atom. The van der Waals surface area contributed by atoms with Gasteiger partial charge in [0.05, 0.1) is 0 Å². The van der Waals surface area contributed by atoms with Crippen LogP contribution in [-0.2, 0) is 0 Å². The summed E-state index contributed by atoms with van der Waals surface area (Å²) in [4.78, 5) is 0. The summed E-state index contributed by atoms with van der Waals surface area (Å²) in [7, 11) is 0.646. The average molecular weight is 314 g/mol. The number of hydrogen-bond acceptors (Lipinski definition) is 0. The Morgan fingerprint density at radius 1 is 0.800 bits per heavy atom. The maximum absolute atomic E-state index is 2.65. The van der Waals surface area contributed by atoms with E-state index >= 15 is 0 Å². The molecule has 2 aliphatic rings. The van der Waals surface area contributed by atoms with E-state index in [1.54, 1.807) is 25.4 Å². The predicted molar refractivity (Wildman–Crippen MR) is 98.3 cm³/mol. The molecule has 2 aliphatic heterocycles. The summed E-state index contributed by atoms with van der Waals surface area (Å²) in [5.41, 5.74) is 5.40. The van der Waals surface area contributed by atoms with Crippen LogP contribution in [0.4, 0.5) is 0 Å². The fourth-order valence-electron chi connectivity index (χ4n) is 4.83. The Kier molecular flexibility index (Phi) is 6.82. The van der Waals surface area contributed by atoms with Crippen LogP contribution in [0, 0.1) is 0 Å². The van der Waals surface area contributed by atoms with Crippen molar-refractivity contribution < 1.29 is 0 Å². The van der Waals surface area contributed by atoms with Gasteiger partial charge in [-0.15, -0.1) is 7.92 Å². The molecular weight excluding hydrogens is 278 g/mol. The monoisotopic (exact) mass is 314 g/mol. The molecule has 2 saturated heterocycles. The van der Waals surface area contributed by atoms with Crippen molar-refractivity contribution in [1.29, 1.82) is 0 Å². The molecule has 0 nitrogen and oxygen atoms in total. The highest BCUT2D eigenvalue weighted by atomic mass is 31.1. The predicted octanol–water partition coefficient (Wildman–Crippen LogP) is 6.65. The molecule has 0 spiro atoms. The molecule has 0 N–H and O–H groups in total. The Balaban J connectivity index is 2.06. The van der Waals surface area contributed by atoms with Crippen LogP contribution in [0.3, 0.4) is 0 Å². The van der Waals surface area contributed by atoms with Crippen molar-refractivity contribution in [3.63, 3.8) is 0 Å². The second-order valence-corrected chi connectivity index (χ2v) is 13.3. The molecule has 0 aromatic rings. The maximum atomic E-state index is 2.65. The van der Waals surface area contributed by atoms with Crippen LogP contribution >= 0.6 is 15.8 Å². The fourth-order valence-corrected chi connectivity index (χ4v) is 13.5. The molecule has 20 heavy (non-hydrogen) atoms. The molecule has 0 aromatic carbocycles. The summed E-state index contributed by atoms with van der Waals surface area (Å²) >= 11 is 0. The summed E-state index contributed by atoms with van der Waals surface area (Å²) in [6.07, 6.45) is 12.1. The zero-order chi connectivity index (χ0) is 14.7. The van der Waals surface area contributed by atoms with E-state index in [0.29, 0.717) is 15.8 Å². The van der Waals surface area contributed by atoms with Crippen LogP contribution in [-0.4, -0.2) is 34.5 Å². The zero-order valence-electron chi connectivity index (χ0n) is 14.4. The van der Waals surface area contributed by atoms with Crippen molar-refractivity contribution in [2.45, 2.75) is 108 Å². The lowest BCUT2D eigenvalue weighted by molar-refractivity contribution is 0.696. The van der Waals surface area contributed by atoms with Crippen molar-refractivity contribution in [1.82, 2.24) is 0 Å². The highest BCUT2D eigenvalue weighted by molar-refractivity contribution is 7.64. The van der Waals surface area contributed by atoms with Gasteiger partial charge in [0.25, 0.3) is 0 Å². The molecule has 0 aliphatic carbocycles. The second-order valence-electron chi connectivity index (χ2n) is 7.07. The van der Waals surface area contributed by atoms with Gasteiger partial charge in [-0.3, -0.25) is 0 Å². The molecule has 6 atom stereocenters. The van der Waals surface area contributed by atoms with E-state index in [-0.39, 0.29) is 0 Å². The van der Waals surface area contributed by atoms with Gasteiger partial charge in [0.15, 0.2) is 0 Å². The standard InChI is InChI=1S/C18H36P2/c1-6-16-10-9-13-19(16)14(4)15(5)20-17(7-2)11-12-18(20)8-3/h14-18H,6-13H2,1-5H3/t14-,15-,16+,17+,18+,19?/m0/s1. The smallest absolute Gasteiger partial charge is 0.0167 e. The van der Waals surface area contributed by atoms with Crippen LogP contribution < -0.4 is 0 Å². The third-order valence-corrected chi connectivity index (χ3v) is 14.6. The Hall–Kier alpha value is 0.860. The van der Waals surface area contributed by atoms with E-state index in [0.717, 1.165) is 28.3 Å². The highest BCUT2D eigenvalue weighted by Gasteiger charge is 2.41. The SMILES string of the molecule is CC[C@@H]1CCCP1[C@@H](C)[C@H](C)P1[C@H](CC)CC[C@H]1CC. The molecule has 2 fully saturated rings. The summed E-state index contributed by atoms with van der Waals surface area (Å²) in [6.45, 7) is 12.6. The fraction of sp³-hybridized carbons (Fsp3) is 1.00. The third kappa shape index (κ3) is 3.43. The van der Waals surface area contributed by atoms with Gasteiger partial charge >= 0.3 is 0 Å². The topological polar surface area (TPSA) is 0 Å². The molecule has 118 valence electrons. The average Bonchev–Trinajstić information content (AvgIpc) is 3.10. The quantitative estimate of drug-likeness (QED) is 0.481. The van der Waals surface area contributed by atoms with Crippen molar-refractivity contribution in [3.05, 3.63) is 0 Å². The van der Waals surface area contributed by atoms with Crippen LogP contribution in [0.2, 0.25) is 0 Å². The third-order valence-electron chi connectivity index (χ3n) is 6.20. The van der Waals surface area contributed by atoms with Gasteiger partial charge in [-0.2, -0.15) is 0 Å². The van der Waals surface area contributed by atoms with Crippen molar-refractivity contribution in [2.24, 2.45) is 0 Å². The van der Waals surface area contributed by atoms with Crippen LogP contribution in [0.15, 0.2) is 0 Å². The van der Waals surface area contributed by atoms with Crippen molar-refractivity contribution in [2.75, 3.05) is 6.16 Å². The van der Waals surface area contributed by atoms with Crippen LogP contribution in [0.5, 0.6) is 0 Å². The first-order valence-electron chi connectivity index (χ1n) is 9.17. The normalized spacial score (nSPS) is 38.2. The van der Waals surface area contributed by atoms with Gasteiger partial charge in [0.1, 0.15) is 0 Å². The summed E-state index contributed by atoms with van der Waals surface area (Å²) in [5, 5.41) is 0. The van der Waals surface area contributed by atoms with Crippen LogP contribution in [0.25, 0.3) is 0 Å². The van der Waals surface area contributed by atoms with Gasteiger partial charge in [0.2, 0.25) is 0 Å². The van der Waals surface area contributed by atoms with E-state index in [1.807, 2.05) is 0 Å². The lowest BCUT2D eigenvalue weighted by Crippen LogP contribution is -2.25. The minimum absolute atomic E-state index is 0.303. The summed E-state index contributed by atoms with van der Waals surface area (Å²) in [6, 6.07) is 0.